The molecule has 0 aliphatic carbocycles. The van der Waals surface area contributed by atoms with Crippen LogP contribution in [0.25, 0.3) is 0 Å². The fourth-order valence-corrected chi connectivity index (χ4v) is 3.12. The van der Waals surface area contributed by atoms with Crippen molar-refractivity contribution in [1.29, 1.82) is 0 Å². The Morgan fingerprint density at radius 2 is 2.29 bits per heavy atom. The molecular weight excluding hydrogens is 290 g/mol. The van der Waals surface area contributed by atoms with E-state index in [0.29, 0.717) is 11.7 Å². The average molecular weight is 307 g/mol. The number of rotatable bonds is 3. The Bertz CT molecular complexity index is 714. The Balaban J connectivity index is 1.73. The first kappa shape index (κ1) is 14.0. The Kier molecular flexibility index (Phi) is 3.87. The minimum Gasteiger partial charge on any atom is -0.300 e. The summed E-state index contributed by atoms with van der Waals surface area (Å²) in [6.07, 6.45) is 5.65. The van der Waals surface area contributed by atoms with Crippen LogP contribution in [0.3, 0.4) is 0 Å². The minimum atomic E-state index is -0.278. The zero-order chi connectivity index (χ0) is 14.8. The molecule has 0 bridgehead atoms. The molecule has 0 saturated carbocycles. The Hall–Kier alpha value is -1.96. The van der Waals surface area contributed by atoms with Crippen LogP contribution in [-0.4, -0.2) is 25.2 Å². The van der Waals surface area contributed by atoms with E-state index >= 15 is 0 Å². The van der Waals surface area contributed by atoms with E-state index in [2.05, 4.69) is 15.4 Å². The molecule has 1 aliphatic rings. The second kappa shape index (κ2) is 5.80. The quantitative estimate of drug-likeness (QED) is 0.923. The van der Waals surface area contributed by atoms with Gasteiger partial charge in [0.1, 0.15) is 12.4 Å². The van der Waals surface area contributed by atoms with Crippen molar-refractivity contribution < 1.29 is 4.79 Å². The molecule has 0 radical (unpaired) electrons. The minimum absolute atomic E-state index is 0.0720. The van der Waals surface area contributed by atoms with Crippen molar-refractivity contribution in [2.24, 2.45) is 0 Å². The van der Waals surface area contributed by atoms with Gasteiger partial charge in [0.25, 0.3) is 0 Å². The van der Waals surface area contributed by atoms with Crippen LogP contribution in [-0.2, 0) is 24.3 Å². The lowest BCUT2D eigenvalue weighted by atomic mass is 10.2. The van der Waals surface area contributed by atoms with Crippen LogP contribution in [0.2, 0.25) is 0 Å². The standard InChI is InChI=1S/C13H17N5O2S/c1-9-7-14-12(21-9)15-11(19)8-18-13(20)17-6-4-2-3-5-10(17)16-18/h7H,2-6,8H2,1H3,(H,14,15,19). The molecule has 1 N–H and O–H groups in total. The van der Waals surface area contributed by atoms with E-state index in [9.17, 15) is 9.59 Å². The molecule has 21 heavy (non-hydrogen) atoms. The molecule has 0 fully saturated rings. The van der Waals surface area contributed by atoms with Crippen molar-refractivity contribution in [3.8, 4) is 0 Å². The molecule has 0 unspecified atom stereocenters. The SMILES string of the molecule is Cc1cnc(NC(=O)Cn2nc3n(c2=O)CCCCC3)s1. The molecule has 3 heterocycles. The van der Waals surface area contributed by atoms with Crippen LogP contribution < -0.4 is 11.0 Å². The third-order valence-electron chi connectivity index (χ3n) is 3.44. The summed E-state index contributed by atoms with van der Waals surface area (Å²) in [7, 11) is 0. The van der Waals surface area contributed by atoms with Gasteiger partial charge in [-0.05, 0) is 19.8 Å². The lowest BCUT2D eigenvalue weighted by Gasteiger charge is -2.01. The number of carbonyl (C=O) groups is 1. The number of hydrogen-bond donors (Lipinski definition) is 1. The van der Waals surface area contributed by atoms with E-state index in [1.54, 1.807) is 10.8 Å². The molecule has 1 aliphatic heterocycles. The molecule has 2 aromatic rings. The number of carbonyl (C=O) groups excluding carboxylic acids is 1. The van der Waals surface area contributed by atoms with E-state index < -0.39 is 0 Å². The molecule has 0 aromatic carbocycles. The summed E-state index contributed by atoms with van der Waals surface area (Å²) in [5.41, 5.74) is -0.197. The number of thiazole rings is 1. The summed E-state index contributed by atoms with van der Waals surface area (Å²) < 4.78 is 2.93. The molecular formula is C13H17N5O2S. The molecule has 112 valence electrons. The van der Waals surface area contributed by atoms with Crippen LogP contribution in [0.1, 0.15) is 30.0 Å². The van der Waals surface area contributed by atoms with Crippen molar-refractivity contribution in [2.75, 3.05) is 5.32 Å². The van der Waals surface area contributed by atoms with Gasteiger partial charge in [-0.2, -0.15) is 5.10 Å². The van der Waals surface area contributed by atoms with Gasteiger partial charge in [-0.3, -0.25) is 9.36 Å². The monoisotopic (exact) mass is 307 g/mol. The van der Waals surface area contributed by atoms with Gasteiger partial charge in [0, 0.05) is 24.0 Å². The van der Waals surface area contributed by atoms with Crippen LogP contribution in [0, 0.1) is 6.92 Å². The lowest BCUT2D eigenvalue weighted by Crippen LogP contribution is -2.30. The predicted octanol–water partition coefficient (Wildman–Crippen LogP) is 1.17. The van der Waals surface area contributed by atoms with Gasteiger partial charge in [-0.1, -0.05) is 6.42 Å². The Morgan fingerprint density at radius 1 is 1.43 bits per heavy atom. The van der Waals surface area contributed by atoms with E-state index in [0.717, 1.165) is 36.4 Å². The first-order valence-electron chi connectivity index (χ1n) is 7.02. The van der Waals surface area contributed by atoms with E-state index in [4.69, 9.17) is 0 Å². The molecule has 7 nitrogen and oxygen atoms in total. The van der Waals surface area contributed by atoms with Gasteiger partial charge < -0.3 is 5.32 Å². The summed E-state index contributed by atoms with van der Waals surface area (Å²) >= 11 is 1.40. The highest BCUT2D eigenvalue weighted by atomic mass is 32.1. The van der Waals surface area contributed by atoms with Gasteiger partial charge in [0.15, 0.2) is 5.13 Å². The average Bonchev–Trinajstić information content (AvgIpc) is 2.86. The van der Waals surface area contributed by atoms with Crippen molar-refractivity contribution in [3.63, 3.8) is 0 Å². The summed E-state index contributed by atoms with van der Waals surface area (Å²) in [4.78, 5) is 29.3. The third kappa shape index (κ3) is 3.05. The van der Waals surface area contributed by atoms with Crippen molar-refractivity contribution in [1.82, 2.24) is 19.3 Å². The number of hydrogen-bond acceptors (Lipinski definition) is 5. The second-order valence-electron chi connectivity index (χ2n) is 5.14. The van der Waals surface area contributed by atoms with Gasteiger partial charge in [0.05, 0.1) is 0 Å². The first-order valence-corrected chi connectivity index (χ1v) is 7.84. The fraction of sp³-hybridized carbons (Fsp3) is 0.538. The van der Waals surface area contributed by atoms with Crippen LogP contribution in [0.4, 0.5) is 5.13 Å². The van der Waals surface area contributed by atoms with Gasteiger partial charge in [0.2, 0.25) is 5.91 Å². The number of aryl methyl sites for hydroxylation is 2. The molecule has 3 rings (SSSR count). The van der Waals surface area contributed by atoms with Crippen LogP contribution >= 0.6 is 11.3 Å². The zero-order valence-corrected chi connectivity index (χ0v) is 12.7. The maximum atomic E-state index is 12.2. The number of aromatic nitrogens is 4. The largest absolute Gasteiger partial charge is 0.346 e. The van der Waals surface area contributed by atoms with Crippen LogP contribution in [0.15, 0.2) is 11.0 Å². The van der Waals surface area contributed by atoms with Crippen molar-refractivity contribution >= 4 is 22.4 Å². The van der Waals surface area contributed by atoms with Crippen LogP contribution in [0.5, 0.6) is 0 Å². The normalized spacial score (nSPS) is 14.5. The van der Waals surface area contributed by atoms with E-state index in [1.165, 1.54) is 16.0 Å². The fourth-order valence-electron chi connectivity index (χ4n) is 2.44. The topological polar surface area (TPSA) is 81.8 Å². The highest BCUT2D eigenvalue weighted by Crippen LogP contribution is 2.16. The predicted molar refractivity (Wildman–Crippen MR) is 79.5 cm³/mol. The number of nitrogens with one attached hydrogen (secondary N) is 1. The smallest absolute Gasteiger partial charge is 0.300 e. The van der Waals surface area contributed by atoms with Gasteiger partial charge in [-0.25, -0.2) is 14.5 Å². The zero-order valence-electron chi connectivity index (χ0n) is 11.8. The van der Waals surface area contributed by atoms with Gasteiger partial charge in [-0.15, -0.1) is 11.3 Å². The molecule has 0 atom stereocenters. The Morgan fingerprint density at radius 3 is 3.05 bits per heavy atom. The molecule has 8 heteroatoms. The third-order valence-corrected chi connectivity index (χ3v) is 4.27. The summed E-state index contributed by atoms with van der Waals surface area (Å²) in [5.74, 6) is 0.509. The number of amides is 1. The second-order valence-corrected chi connectivity index (χ2v) is 6.38. The summed E-state index contributed by atoms with van der Waals surface area (Å²) in [6, 6.07) is 0. The number of fused-ring (bicyclic) bond motifs is 1. The summed E-state index contributed by atoms with van der Waals surface area (Å²) in [6.45, 7) is 2.54. The number of nitrogens with zero attached hydrogens (tertiary/aromatic N) is 4. The maximum Gasteiger partial charge on any atom is 0.346 e. The Labute approximate surface area is 125 Å². The number of anilines is 1. The van der Waals surface area contributed by atoms with Crippen molar-refractivity contribution in [2.45, 2.75) is 45.7 Å². The van der Waals surface area contributed by atoms with E-state index in [1.807, 2.05) is 6.92 Å². The van der Waals surface area contributed by atoms with Crippen molar-refractivity contribution in [3.05, 3.63) is 27.4 Å². The molecule has 0 saturated heterocycles. The summed E-state index contributed by atoms with van der Waals surface area (Å²) in [5, 5.41) is 7.52. The lowest BCUT2D eigenvalue weighted by molar-refractivity contribution is -0.117. The first-order chi connectivity index (χ1) is 10.1. The highest BCUT2D eigenvalue weighted by Gasteiger charge is 2.17. The molecule has 0 spiro atoms. The molecule has 1 amide bonds. The highest BCUT2D eigenvalue weighted by molar-refractivity contribution is 7.15. The van der Waals surface area contributed by atoms with E-state index in [-0.39, 0.29) is 18.1 Å². The molecule has 2 aromatic heterocycles. The maximum absolute atomic E-state index is 12.2. The van der Waals surface area contributed by atoms with Gasteiger partial charge >= 0.3 is 5.69 Å².